The lowest BCUT2D eigenvalue weighted by Gasteiger charge is -2.18. The molecule has 0 fully saturated rings. The Bertz CT molecular complexity index is 336. The van der Waals surface area contributed by atoms with Crippen molar-refractivity contribution >= 4 is 5.82 Å². The minimum atomic E-state index is 0.665. The zero-order valence-corrected chi connectivity index (χ0v) is 10.9. The van der Waals surface area contributed by atoms with Gasteiger partial charge in [-0.15, -0.1) is 0 Å². The molecule has 1 N–H and O–H groups in total. The molecule has 0 aromatic carbocycles. The molecule has 0 atom stereocenters. The highest BCUT2D eigenvalue weighted by Crippen LogP contribution is 2.07. The third-order valence-electron chi connectivity index (χ3n) is 2.24. The normalized spacial score (nSPS) is 11.2. The number of rotatable bonds is 5. The summed E-state index contributed by atoms with van der Waals surface area (Å²) in [5.74, 6) is 2.44. The second-order valence-corrected chi connectivity index (χ2v) is 4.65. The topological polar surface area (TPSA) is 41.1 Å². The monoisotopic (exact) mass is 222 g/mol. The third-order valence-corrected chi connectivity index (χ3v) is 2.24. The number of hydrogen-bond donors (Lipinski definition) is 1. The molecule has 1 rings (SSSR count). The van der Waals surface area contributed by atoms with E-state index in [2.05, 4.69) is 41.1 Å². The molecule has 0 aliphatic heterocycles. The van der Waals surface area contributed by atoms with Gasteiger partial charge in [0.2, 0.25) is 0 Å². The summed E-state index contributed by atoms with van der Waals surface area (Å²) in [6.45, 7) is 8.29. The van der Waals surface area contributed by atoms with Gasteiger partial charge in [0.05, 0.1) is 6.54 Å². The third kappa shape index (κ3) is 4.14. The van der Waals surface area contributed by atoms with Crippen LogP contribution in [0.4, 0.5) is 5.82 Å². The fraction of sp³-hybridized carbons (Fsp3) is 0.667. The van der Waals surface area contributed by atoms with Crippen LogP contribution in [0.1, 0.15) is 25.4 Å². The van der Waals surface area contributed by atoms with Crippen molar-refractivity contribution in [2.75, 3.05) is 26.0 Å². The predicted octanol–water partition coefficient (Wildman–Crippen LogP) is 1.91. The van der Waals surface area contributed by atoms with E-state index in [1.54, 1.807) is 0 Å². The summed E-state index contributed by atoms with van der Waals surface area (Å²) < 4.78 is 0. The van der Waals surface area contributed by atoms with Gasteiger partial charge in [0, 0.05) is 25.4 Å². The molecule has 0 aliphatic rings. The molecule has 1 aromatic rings. The van der Waals surface area contributed by atoms with E-state index >= 15 is 0 Å². The average Bonchev–Trinajstić information content (AvgIpc) is 2.14. The molecule has 0 amide bonds. The Balaban J connectivity index is 2.69. The van der Waals surface area contributed by atoms with Crippen LogP contribution in [0.5, 0.6) is 0 Å². The Kier molecular flexibility index (Phi) is 4.68. The zero-order valence-electron chi connectivity index (χ0n) is 10.9. The van der Waals surface area contributed by atoms with Gasteiger partial charge in [-0.05, 0) is 19.9 Å². The smallest absolute Gasteiger partial charge is 0.144 e. The maximum Gasteiger partial charge on any atom is 0.144 e. The van der Waals surface area contributed by atoms with Crippen molar-refractivity contribution in [3.05, 3.63) is 17.6 Å². The zero-order chi connectivity index (χ0) is 12.1. The first-order valence-corrected chi connectivity index (χ1v) is 5.72. The van der Waals surface area contributed by atoms with Crippen LogP contribution in [0.2, 0.25) is 0 Å². The van der Waals surface area contributed by atoms with Crippen molar-refractivity contribution < 1.29 is 0 Å². The number of nitrogens with zero attached hydrogens (tertiary/aromatic N) is 3. The molecular formula is C12H22N4. The fourth-order valence-corrected chi connectivity index (χ4v) is 1.76. The number of nitrogens with one attached hydrogen (secondary N) is 1. The highest BCUT2D eigenvalue weighted by atomic mass is 15.1. The lowest BCUT2D eigenvalue weighted by molar-refractivity contribution is 0.282. The Labute approximate surface area is 98.1 Å². The average molecular weight is 222 g/mol. The molecule has 0 saturated heterocycles. The van der Waals surface area contributed by atoms with Gasteiger partial charge >= 0.3 is 0 Å². The number of anilines is 1. The summed E-state index contributed by atoms with van der Waals surface area (Å²) in [4.78, 5) is 11.1. The highest BCUT2D eigenvalue weighted by molar-refractivity contribution is 5.34. The van der Waals surface area contributed by atoms with Crippen LogP contribution < -0.4 is 5.32 Å². The van der Waals surface area contributed by atoms with Crippen molar-refractivity contribution in [3.8, 4) is 0 Å². The first-order valence-electron chi connectivity index (χ1n) is 5.72. The molecule has 4 nitrogen and oxygen atoms in total. The van der Waals surface area contributed by atoms with Gasteiger partial charge in [-0.25, -0.2) is 9.97 Å². The Morgan fingerprint density at radius 3 is 2.62 bits per heavy atom. The molecule has 1 aromatic heterocycles. The quantitative estimate of drug-likeness (QED) is 0.826. The molecule has 0 unspecified atom stereocenters. The molecule has 16 heavy (non-hydrogen) atoms. The van der Waals surface area contributed by atoms with Gasteiger partial charge in [0.25, 0.3) is 0 Å². The van der Waals surface area contributed by atoms with Gasteiger partial charge in [-0.3, -0.25) is 4.90 Å². The van der Waals surface area contributed by atoms with Crippen LogP contribution >= 0.6 is 0 Å². The van der Waals surface area contributed by atoms with E-state index in [1.807, 2.05) is 20.0 Å². The molecule has 4 heteroatoms. The van der Waals surface area contributed by atoms with Crippen LogP contribution in [0, 0.1) is 12.8 Å². The van der Waals surface area contributed by atoms with E-state index in [1.165, 1.54) is 0 Å². The largest absolute Gasteiger partial charge is 0.373 e. The highest BCUT2D eigenvalue weighted by Gasteiger charge is 2.06. The predicted molar refractivity (Wildman–Crippen MR) is 67.5 cm³/mol. The first-order chi connectivity index (χ1) is 7.51. The minimum Gasteiger partial charge on any atom is -0.373 e. The van der Waals surface area contributed by atoms with Gasteiger partial charge in [0.15, 0.2) is 0 Å². The van der Waals surface area contributed by atoms with E-state index in [4.69, 9.17) is 0 Å². The minimum absolute atomic E-state index is 0.665. The van der Waals surface area contributed by atoms with E-state index in [-0.39, 0.29) is 0 Å². The lowest BCUT2D eigenvalue weighted by atomic mass is 10.2. The standard InChI is InChI=1S/C12H22N4/c1-9(2)7-16(5)8-12-14-10(3)6-11(13-4)15-12/h6,9H,7-8H2,1-5H3,(H,13,14,15). The number of aryl methyl sites for hydroxylation is 1. The molecule has 0 radical (unpaired) electrons. The molecule has 0 aliphatic carbocycles. The van der Waals surface area contributed by atoms with Crippen molar-refractivity contribution in [1.29, 1.82) is 0 Å². The number of aromatic nitrogens is 2. The summed E-state index contributed by atoms with van der Waals surface area (Å²) in [5.41, 5.74) is 1.01. The van der Waals surface area contributed by atoms with Crippen molar-refractivity contribution in [3.63, 3.8) is 0 Å². The van der Waals surface area contributed by atoms with Crippen LogP contribution in [0.25, 0.3) is 0 Å². The van der Waals surface area contributed by atoms with Crippen LogP contribution in [-0.2, 0) is 6.54 Å². The molecule has 0 saturated carbocycles. The van der Waals surface area contributed by atoms with Crippen LogP contribution in [-0.4, -0.2) is 35.5 Å². The lowest BCUT2D eigenvalue weighted by Crippen LogP contribution is -2.24. The first kappa shape index (κ1) is 12.9. The Morgan fingerprint density at radius 2 is 2.06 bits per heavy atom. The summed E-state index contributed by atoms with van der Waals surface area (Å²) in [6.07, 6.45) is 0. The second kappa shape index (κ2) is 5.80. The van der Waals surface area contributed by atoms with Gasteiger partial charge in [-0.1, -0.05) is 13.8 Å². The van der Waals surface area contributed by atoms with Crippen molar-refractivity contribution in [2.24, 2.45) is 5.92 Å². The van der Waals surface area contributed by atoms with Gasteiger partial charge in [0.1, 0.15) is 11.6 Å². The summed E-state index contributed by atoms with van der Waals surface area (Å²) in [5, 5.41) is 3.05. The SMILES string of the molecule is CNc1cc(C)nc(CN(C)CC(C)C)n1. The molecular weight excluding hydrogens is 200 g/mol. The van der Waals surface area contributed by atoms with Crippen molar-refractivity contribution in [2.45, 2.75) is 27.3 Å². The van der Waals surface area contributed by atoms with Crippen molar-refractivity contribution in [1.82, 2.24) is 14.9 Å². The van der Waals surface area contributed by atoms with E-state index in [0.29, 0.717) is 5.92 Å². The fourth-order valence-electron chi connectivity index (χ4n) is 1.76. The van der Waals surface area contributed by atoms with Gasteiger partial charge < -0.3 is 5.32 Å². The van der Waals surface area contributed by atoms with E-state index < -0.39 is 0 Å². The summed E-state index contributed by atoms with van der Waals surface area (Å²) in [6, 6.07) is 1.95. The van der Waals surface area contributed by atoms with Crippen LogP contribution in [0.15, 0.2) is 6.07 Å². The second-order valence-electron chi connectivity index (χ2n) is 4.65. The maximum atomic E-state index is 4.44. The van der Waals surface area contributed by atoms with E-state index in [0.717, 1.165) is 30.4 Å². The molecule has 0 bridgehead atoms. The Morgan fingerprint density at radius 1 is 1.38 bits per heavy atom. The van der Waals surface area contributed by atoms with E-state index in [9.17, 15) is 0 Å². The number of hydrogen-bond acceptors (Lipinski definition) is 4. The van der Waals surface area contributed by atoms with Crippen LogP contribution in [0.3, 0.4) is 0 Å². The Hall–Kier alpha value is -1.16. The molecule has 0 spiro atoms. The molecule has 90 valence electrons. The summed E-state index contributed by atoms with van der Waals surface area (Å²) >= 11 is 0. The van der Waals surface area contributed by atoms with Gasteiger partial charge in [-0.2, -0.15) is 0 Å². The summed E-state index contributed by atoms with van der Waals surface area (Å²) in [7, 11) is 3.98. The molecule has 1 heterocycles. The maximum absolute atomic E-state index is 4.44.